The van der Waals surface area contributed by atoms with E-state index < -0.39 is 22.4 Å². The van der Waals surface area contributed by atoms with Gasteiger partial charge in [-0.3, -0.25) is 14.9 Å². The Bertz CT molecular complexity index is 578. The van der Waals surface area contributed by atoms with Gasteiger partial charge in [-0.2, -0.15) is 13.2 Å². The maximum atomic E-state index is 12.6. The van der Waals surface area contributed by atoms with Gasteiger partial charge in [0, 0.05) is 32.6 Å². The molecular formula is C13H16F3N3O4. The number of nitrogens with zero attached hydrogens (tertiary/aromatic N) is 2. The highest BCUT2D eigenvalue weighted by molar-refractivity contribution is 5.76. The molecule has 0 saturated carbocycles. The lowest BCUT2D eigenvalue weighted by molar-refractivity contribution is -0.384. The van der Waals surface area contributed by atoms with Gasteiger partial charge in [0.05, 0.1) is 17.1 Å². The van der Waals surface area contributed by atoms with Crippen LogP contribution in [0, 0.1) is 10.1 Å². The van der Waals surface area contributed by atoms with Crippen molar-refractivity contribution in [3.05, 3.63) is 33.9 Å². The molecule has 0 bridgehead atoms. The average molecular weight is 335 g/mol. The first-order valence-electron chi connectivity index (χ1n) is 6.61. The number of carbonyl (C=O) groups is 1. The molecule has 2 N–H and O–H groups in total. The monoisotopic (exact) mass is 335 g/mol. The van der Waals surface area contributed by atoms with Gasteiger partial charge in [-0.1, -0.05) is 0 Å². The van der Waals surface area contributed by atoms with Crippen LogP contribution in [0.4, 0.5) is 24.5 Å². The molecule has 1 aromatic carbocycles. The summed E-state index contributed by atoms with van der Waals surface area (Å²) in [5.41, 5.74) is -1.93. The third kappa shape index (κ3) is 5.40. The van der Waals surface area contributed by atoms with Crippen LogP contribution in [0.1, 0.15) is 12.0 Å². The predicted octanol–water partition coefficient (Wildman–Crippen LogP) is 1.87. The standard InChI is InChI=1S/C13H16F3N3O4/c1-18(6-7-20)12(21)4-5-17-10-3-2-9(13(14,15)16)8-11(10)19(22)23/h2-3,8,17,20H,4-7H2,1H3. The number of hydrogen-bond acceptors (Lipinski definition) is 5. The molecule has 1 aromatic rings. The van der Waals surface area contributed by atoms with Crippen LogP contribution in [0.15, 0.2) is 18.2 Å². The molecule has 0 radical (unpaired) electrons. The maximum absolute atomic E-state index is 12.6. The lowest BCUT2D eigenvalue weighted by Gasteiger charge is -2.16. The lowest BCUT2D eigenvalue weighted by atomic mass is 10.1. The van der Waals surface area contributed by atoms with Gasteiger partial charge in [0.2, 0.25) is 5.91 Å². The zero-order valence-electron chi connectivity index (χ0n) is 12.3. The Labute approximate surface area is 129 Å². The highest BCUT2D eigenvalue weighted by Gasteiger charge is 2.33. The number of nitro groups is 1. The van der Waals surface area contributed by atoms with Gasteiger partial charge in [0.25, 0.3) is 5.69 Å². The Balaban J connectivity index is 2.77. The van der Waals surface area contributed by atoms with Crippen LogP contribution in [-0.2, 0) is 11.0 Å². The number of aliphatic hydroxyl groups is 1. The smallest absolute Gasteiger partial charge is 0.395 e. The zero-order chi connectivity index (χ0) is 17.6. The summed E-state index contributed by atoms with van der Waals surface area (Å²) in [5.74, 6) is -0.305. The summed E-state index contributed by atoms with van der Waals surface area (Å²) >= 11 is 0. The first kappa shape index (κ1) is 18.7. The summed E-state index contributed by atoms with van der Waals surface area (Å²) in [4.78, 5) is 22.9. The molecule has 7 nitrogen and oxygen atoms in total. The van der Waals surface area contributed by atoms with Crippen LogP contribution in [0.5, 0.6) is 0 Å². The zero-order valence-corrected chi connectivity index (χ0v) is 12.3. The van der Waals surface area contributed by atoms with E-state index in [9.17, 15) is 28.1 Å². The quantitative estimate of drug-likeness (QED) is 0.586. The summed E-state index contributed by atoms with van der Waals surface area (Å²) < 4.78 is 37.7. The van der Waals surface area contributed by atoms with E-state index in [1.54, 1.807) is 0 Å². The van der Waals surface area contributed by atoms with Crippen molar-refractivity contribution < 1.29 is 28.0 Å². The minimum atomic E-state index is -4.67. The Kier molecular flexibility index (Phi) is 6.31. The van der Waals surface area contributed by atoms with Crippen LogP contribution in [-0.4, -0.2) is 47.6 Å². The largest absolute Gasteiger partial charge is 0.416 e. The summed E-state index contributed by atoms with van der Waals surface area (Å²) in [7, 11) is 1.49. The topological polar surface area (TPSA) is 95.7 Å². The molecule has 23 heavy (non-hydrogen) atoms. The van der Waals surface area contributed by atoms with E-state index in [4.69, 9.17) is 5.11 Å². The van der Waals surface area contributed by atoms with Crippen LogP contribution in [0.2, 0.25) is 0 Å². The predicted molar refractivity (Wildman–Crippen MR) is 75.9 cm³/mol. The minimum absolute atomic E-state index is 0.0147. The van der Waals surface area contributed by atoms with Crippen molar-refractivity contribution in [1.29, 1.82) is 0 Å². The first-order chi connectivity index (χ1) is 10.7. The summed E-state index contributed by atoms with van der Waals surface area (Å²) in [6.07, 6.45) is -4.69. The molecule has 0 aromatic heterocycles. The van der Waals surface area contributed by atoms with Crippen LogP contribution in [0.25, 0.3) is 0 Å². The van der Waals surface area contributed by atoms with E-state index in [1.807, 2.05) is 0 Å². The van der Waals surface area contributed by atoms with E-state index in [0.717, 1.165) is 12.1 Å². The van der Waals surface area contributed by atoms with Crippen LogP contribution < -0.4 is 5.32 Å². The number of benzene rings is 1. The van der Waals surface area contributed by atoms with E-state index in [1.165, 1.54) is 11.9 Å². The fourth-order valence-electron chi connectivity index (χ4n) is 1.78. The van der Waals surface area contributed by atoms with Crippen molar-refractivity contribution in [3.63, 3.8) is 0 Å². The molecule has 128 valence electrons. The number of rotatable bonds is 7. The number of nitro benzene ring substituents is 1. The molecular weight excluding hydrogens is 319 g/mol. The van der Waals surface area contributed by atoms with E-state index in [0.29, 0.717) is 6.07 Å². The molecule has 1 amide bonds. The van der Waals surface area contributed by atoms with Crippen molar-refractivity contribution in [3.8, 4) is 0 Å². The molecule has 0 saturated heterocycles. The summed E-state index contributed by atoms with van der Waals surface area (Å²) in [6.45, 7) is -0.0277. The van der Waals surface area contributed by atoms with Crippen molar-refractivity contribution in [2.75, 3.05) is 32.1 Å². The number of aliphatic hydroxyl groups excluding tert-OH is 1. The SMILES string of the molecule is CN(CCO)C(=O)CCNc1ccc(C(F)(F)F)cc1[N+](=O)[O-]. The normalized spacial score (nSPS) is 11.2. The number of hydrogen-bond donors (Lipinski definition) is 2. The first-order valence-corrected chi connectivity index (χ1v) is 6.61. The second-order valence-corrected chi connectivity index (χ2v) is 4.70. The Morgan fingerprint density at radius 2 is 2.09 bits per heavy atom. The van der Waals surface area contributed by atoms with Crippen molar-refractivity contribution in [2.45, 2.75) is 12.6 Å². The number of alkyl halides is 3. The molecule has 0 heterocycles. The molecule has 0 aliphatic heterocycles. The molecule has 0 unspecified atom stereocenters. The van der Waals surface area contributed by atoms with Gasteiger partial charge < -0.3 is 15.3 Å². The maximum Gasteiger partial charge on any atom is 0.416 e. The van der Waals surface area contributed by atoms with Gasteiger partial charge in [-0.15, -0.1) is 0 Å². The summed E-state index contributed by atoms with van der Waals surface area (Å²) in [5, 5.41) is 22.2. The fourth-order valence-corrected chi connectivity index (χ4v) is 1.78. The van der Waals surface area contributed by atoms with Gasteiger partial charge in [-0.05, 0) is 12.1 Å². The van der Waals surface area contributed by atoms with Gasteiger partial charge in [-0.25, -0.2) is 0 Å². The molecule has 1 rings (SSSR count). The van der Waals surface area contributed by atoms with Crippen LogP contribution in [0.3, 0.4) is 0 Å². The Morgan fingerprint density at radius 1 is 1.43 bits per heavy atom. The van der Waals surface area contributed by atoms with E-state index in [2.05, 4.69) is 5.32 Å². The number of halogens is 3. The van der Waals surface area contributed by atoms with Crippen molar-refractivity contribution in [2.24, 2.45) is 0 Å². The molecule has 0 fully saturated rings. The molecule has 0 spiro atoms. The average Bonchev–Trinajstić information content (AvgIpc) is 2.46. The highest BCUT2D eigenvalue weighted by Crippen LogP contribution is 2.34. The number of nitrogens with one attached hydrogen (secondary N) is 1. The van der Waals surface area contributed by atoms with Crippen molar-refractivity contribution in [1.82, 2.24) is 4.90 Å². The second-order valence-electron chi connectivity index (χ2n) is 4.70. The van der Waals surface area contributed by atoms with Crippen LogP contribution >= 0.6 is 0 Å². The third-order valence-electron chi connectivity index (χ3n) is 3.04. The van der Waals surface area contributed by atoms with Gasteiger partial charge in [0.1, 0.15) is 5.69 Å². The Morgan fingerprint density at radius 3 is 2.61 bits per heavy atom. The number of amides is 1. The van der Waals surface area contributed by atoms with E-state index >= 15 is 0 Å². The number of carbonyl (C=O) groups excluding carboxylic acids is 1. The molecule has 10 heteroatoms. The number of anilines is 1. The highest BCUT2D eigenvalue weighted by atomic mass is 19.4. The molecule has 0 aliphatic carbocycles. The van der Waals surface area contributed by atoms with Gasteiger partial charge >= 0.3 is 6.18 Å². The molecule has 0 atom stereocenters. The van der Waals surface area contributed by atoms with Crippen molar-refractivity contribution >= 4 is 17.3 Å². The molecule has 0 aliphatic rings. The lowest BCUT2D eigenvalue weighted by Crippen LogP contribution is -2.30. The second kappa shape index (κ2) is 7.77. The van der Waals surface area contributed by atoms with Gasteiger partial charge in [0.15, 0.2) is 0 Å². The van der Waals surface area contributed by atoms with E-state index in [-0.39, 0.29) is 37.7 Å². The summed E-state index contributed by atoms with van der Waals surface area (Å²) in [6, 6.07) is 2.14. The number of likely N-dealkylation sites (N-methyl/N-ethyl adjacent to an activating group) is 1. The minimum Gasteiger partial charge on any atom is -0.395 e. The fraction of sp³-hybridized carbons (Fsp3) is 0.462. The Hall–Kier alpha value is -2.36. The third-order valence-corrected chi connectivity index (χ3v) is 3.04.